The zero-order chi connectivity index (χ0) is 21.7. The molecule has 0 bridgehead atoms. The number of aryl methyl sites for hydroxylation is 2. The molecule has 158 valence electrons. The molecule has 2 N–H and O–H groups in total. The fourth-order valence-electron chi connectivity index (χ4n) is 2.78. The van der Waals surface area contributed by atoms with Crippen LogP contribution >= 0.6 is 23.2 Å². The van der Waals surface area contributed by atoms with Gasteiger partial charge in [-0.25, -0.2) is 8.42 Å². The lowest BCUT2D eigenvalue weighted by molar-refractivity contribution is 0.0953. The highest BCUT2D eigenvalue weighted by Gasteiger charge is 2.20. The third-order valence-corrected chi connectivity index (χ3v) is 6.38. The van der Waals surface area contributed by atoms with E-state index in [0.29, 0.717) is 17.3 Å². The Hall–Kier alpha value is -2.55. The van der Waals surface area contributed by atoms with Crippen molar-refractivity contribution in [2.45, 2.75) is 17.7 Å². The summed E-state index contributed by atoms with van der Waals surface area (Å²) in [5.74, 6) is -0.374. The number of rotatable bonds is 8. The third kappa shape index (κ3) is 5.75. The summed E-state index contributed by atoms with van der Waals surface area (Å²) in [6.07, 6.45) is 5.21. The Morgan fingerprint density at radius 3 is 2.53 bits per heavy atom. The van der Waals surface area contributed by atoms with Crippen LogP contribution in [0.15, 0.2) is 59.8 Å². The molecule has 0 aliphatic rings. The first-order valence-electron chi connectivity index (χ1n) is 9.08. The molecule has 2 aromatic carbocycles. The predicted octanol–water partition coefficient (Wildman–Crippen LogP) is 3.89. The number of carbonyl (C=O) groups is 1. The molecule has 0 radical (unpaired) electrons. The van der Waals surface area contributed by atoms with E-state index in [0.717, 1.165) is 18.4 Å². The fraction of sp³-hybridized carbons (Fsp3) is 0.200. The summed E-state index contributed by atoms with van der Waals surface area (Å²) in [5, 5.41) is 7.39. The Morgan fingerprint density at radius 1 is 1.13 bits per heavy atom. The molecule has 0 atom stereocenters. The quantitative estimate of drug-likeness (QED) is 0.492. The minimum absolute atomic E-state index is 0.0181. The van der Waals surface area contributed by atoms with E-state index in [2.05, 4.69) is 15.1 Å². The summed E-state index contributed by atoms with van der Waals surface area (Å²) in [4.78, 5) is 12.3. The summed E-state index contributed by atoms with van der Waals surface area (Å²) in [6.45, 7) is 0.446. The topological polar surface area (TPSA) is 93.1 Å². The Balaban J connectivity index is 1.65. The van der Waals surface area contributed by atoms with Crippen LogP contribution in [0.3, 0.4) is 0 Å². The molecule has 0 fully saturated rings. The summed E-state index contributed by atoms with van der Waals surface area (Å²) >= 11 is 11.9. The van der Waals surface area contributed by atoms with Crippen molar-refractivity contribution in [1.29, 1.82) is 0 Å². The Labute approximate surface area is 185 Å². The van der Waals surface area contributed by atoms with Gasteiger partial charge in [-0.1, -0.05) is 23.2 Å². The minimum atomic E-state index is -3.99. The number of amides is 1. The van der Waals surface area contributed by atoms with Gasteiger partial charge in [0.25, 0.3) is 15.9 Å². The SMILES string of the molecule is Cn1cc(CCCNC(=O)c2ccc(Cl)c(S(=O)(=O)Nc3ccc(Cl)cc3)c2)cn1. The van der Waals surface area contributed by atoms with Gasteiger partial charge in [0.2, 0.25) is 0 Å². The highest BCUT2D eigenvalue weighted by atomic mass is 35.5. The maximum Gasteiger partial charge on any atom is 0.263 e. The Morgan fingerprint density at radius 2 is 1.87 bits per heavy atom. The van der Waals surface area contributed by atoms with Gasteiger partial charge in [-0.2, -0.15) is 5.10 Å². The van der Waals surface area contributed by atoms with E-state index in [1.54, 1.807) is 23.0 Å². The molecule has 1 aromatic heterocycles. The van der Waals surface area contributed by atoms with E-state index < -0.39 is 10.0 Å². The molecule has 0 unspecified atom stereocenters. The molecule has 0 saturated heterocycles. The summed E-state index contributed by atoms with van der Waals surface area (Å²) in [5.41, 5.74) is 1.62. The maximum atomic E-state index is 12.7. The van der Waals surface area contributed by atoms with Crippen LogP contribution in [-0.4, -0.2) is 30.7 Å². The van der Waals surface area contributed by atoms with Gasteiger partial charge < -0.3 is 5.32 Å². The van der Waals surface area contributed by atoms with Crippen molar-refractivity contribution in [3.05, 3.63) is 76.0 Å². The molecule has 0 spiro atoms. The number of anilines is 1. The van der Waals surface area contributed by atoms with Gasteiger partial charge in [-0.15, -0.1) is 0 Å². The van der Waals surface area contributed by atoms with Gasteiger partial charge >= 0.3 is 0 Å². The number of hydrogen-bond donors (Lipinski definition) is 2. The molecule has 3 aromatic rings. The molecule has 0 aliphatic heterocycles. The summed E-state index contributed by atoms with van der Waals surface area (Å²) < 4.78 is 29.6. The minimum Gasteiger partial charge on any atom is -0.352 e. The van der Waals surface area contributed by atoms with Gasteiger partial charge in [0.1, 0.15) is 4.90 Å². The van der Waals surface area contributed by atoms with Gasteiger partial charge in [-0.3, -0.25) is 14.2 Å². The molecule has 3 rings (SSSR count). The van der Waals surface area contributed by atoms with Crippen LogP contribution in [0, 0.1) is 0 Å². The van der Waals surface area contributed by atoms with Gasteiger partial charge in [-0.05, 0) is 60.9 Å². The number of carbonyl (C=O) groups excluding carboxylic acids is 1. The molecule has 7 nitrogen and oxygen atoms in total. The normalized spacial score (nSPS) is 11.3. The maximum absolute atomic E-state index is 12.7. The van der Waals surface area contributed by atoms with Crippen molar-refractivity contribution in [2.75, 3.05) is 11.3 Å². The van der Waals surface area contributed by atoms with E-state index in [4.69, 9.17) is 23.2 Å². The van der Waals surface area contributed by atoms with Crippen molar-refractivity contribution >= 4 is 44.8 Å². The average molecular weight is 467 g/mol. The number of aromatic nitrogens is 2. The molecule has 1 amide bonds. The van der Waals surface area contributed by atoms with Crippen LogP contribution in [-0.2, 0) is 23.5 Å². The second kappa shape index (κ2) is 9.51. The van der Waals surface area contributed by atoms with Crippen molar-refractivity contribution in [3.63, 3.8) is 0 Å². The molecular weight excluding hydrogens is 447 g/mol. The smallest absolute Gasteiger partial charge is 0.263 e. The number of benzene rings is 2. The molecule has 0 saturated carbocycles. The van der Waals surface area contributed by atoms with Crippen LogP contribution in [0.25, 0.3) is 0 Å². The van der Waals surface area contributed by atoms with Gasteiger partial charge in [0.05, 0.1) is 11.2 Å². The molecule has 1 heterocycles. The van der Waals surface area contributed by atoms with Crippen LogP contribution in [0.4, 0.5) is 5.69 Å². The Kier molecular flexibility index (Phi) is 7.02. The van der Waals surface area contributed by atoms with Crippen LogP contribution in [0.2, 0.25) is 10.0 Å². The van der Waals surface area contributed by atoms with Gasteiger partial charge in [0.15, 0.2) is 0 Å². The predicted molar refractivity (Wildman–Crippen MR) is 118 cm³/mol. The van der Waals surface area contributed by atoms with E-state index in [-0.39, 0.29) is 21.4 Å². The second-order valence-corrected chi connectivity index (χ2v) is 9.13. The first-order chi connectivity index (χ1) is 14.2. The first-order valence-corrected chi connectivity index (χ1v) is 11.3. The van der Waals surface area contributed by atoms with E-state index in [1.165, 1.54) is 30.3 Å². The Bertz CT molecular complexity index is 1150. The molecular formula is C20H20Cl2N4O3S. The van der Waals surface area contributed by atoms with Gasteiger partial charge in [0, 0.05) is 36.1 Å². The lowest BCUT2D eigenvalue weighted by atomic mass is 10.2. The van der Waals surface area contributed by atoms with Crippen LogP contribution in [0.1, 0.15) is 22.3 Å². The molecule has 0 aliphatic carbocycles. The first kappa shape index (κ1) is 22.1. The number of nitrogens with one attached hydrogen (secondary N) is 2. The van der Waals surface area contributed by atoms with Crippen molar-refractivity contribution in [1.82, 2.24) is 15.1 Å². The highest BCUT2D eigenvalue weighted by molar-refractivity contribution is 7.92. The summed E-state index contributed by atoms with van der Waals surface area (Å²) in [6, 6.07) is 10.3. The van der Waals surface area contributed by atoms with Crippen molar-refractivity contribution < 1.29 is 13.2 Å². The average Bonchev–Trinajstić information content (AvgIpc) is 3.12. The zero-order valence-electron chi connectivity index (χ0n) is 16.1. The van der Waals surface area contributed by atoms with Crippen LogP contribution < -0.4 is 10.0 Å². The third-order valence-electron chi connectivity index (χ3n) is 4.27. The zero-order valence-corrected chi connectivity index (χ0v) is 18.4. The monoisotopic (exact) mass is 466 g/mol. The highest BCUT2D eigenvalue weighted by Crippen LogP contribution is 2.25. The van der Waals surface area contributed by atoms with E-state index >= 15 is 0 Å². The van der Waals surface area contributed by atoms with Crippen molar-refractivity contribution in [2.24, 2.45) is 7.05 Å². The lowest BCUT2D eigenvalue weighted by Gasteiger charge is -2.11. The fourth-order valence-corrected chi connectivity index (χ4v) is 4.49. The van der Waals surface area contributed by atoms with E-state index in [9.17, 15) is 13.2 Å². The van der Waals surface area contributed by atoms with Crippen molar-refractivity contribution in [3.8, 4) is 0 Å². The number of nitrogens with zero attached hydrogens (tertiary/aromatic N) is 2. The standard InChI is InChI=1S/C20H20Cl2N4O3S/c1-26-13-14(12-24-26)3-2-10-23-20(27)15-4-9-18(22)19(11-15)30(28,29)25-17-7-5-16(21)6-8-17/h4-9,11-13,25H,2-3,10H2,1H3,(H,23,27). The number of halogens is 2. The number of sulfonamides is 1. The molecule has 10 heteroatoms. The lowest BCUT2D eigenvalue weighted by Crippen LogP contribution is -2.25. The van der Waals surface area contributed by atoms with Crippen LogP contribution in [0.5, 0.6) is 0 Å². The van der Waals surface area contributed by atoms with E-state index in [1.807, 2.05) is 13.2 Å². The second-order valence-electron chi connectivity index (χ2n) is 6.64. The number of hydrogen-bond acceptors (Lipinski definition) is 4. The largest absolute Gasteiger partial charge is 0.352 e. The molecule has 30 heavy (non-hydrogen) atoms. The summed E-state index contributed by atoms with van der Waals surface area (Å²) in [7, 11) is -2.14.